The fraction of sp³-hybridized carbons (Fsp3) is 0.364. The van der Waals surface area contributed by atoms with Crippen molar-refractivity contribution in [1.82, 2.24) is 0 Å². The van der Waals surface area contributed by atoms with E-state index in [2.05, 4.69) is 18.8 Å². The molecular weight excluding hydrogens is 257 g/mol. The molecule has 0 radical (unpaired) electrons. The van der Waals surface area contributed by atoms with Crippen LogP contribution in [0.3, 0.4) is 0 Å². The first-order chi connectivity index (χ1) is 6.17. The van der Waals surface area contributed by atoms with Crippen molar-refractivity contribution in [3.05, 3.63) is 35.9 Å². The van der Waals surface area contributed by atoms with E-state index < -0.39 is 0 Å². The first kappa shape index (κ1) is 18.4. The second-order valence-electron chi connectivity index (χ2n) is 3.88. The number of halogens is 2. The van der Waals surface area contributed by atoms with Crippen LogP contribution >= 0.6 is 0 Å². The summed E-state index contributed by atoms with van der Waals surface area (Å²) in [4.78, 5) is 4.49. The molecule has 84 valence electrons. The molecule has 0 aromatic heterocycles. The van der Waals surface area contributed by atoms with Gasteiger partial charge in [0.05, 0.1) is 5.54 Å². The van der Waals surface area contributed by atoms with Crippen LogP contribution in [0.5, 0.6) is 0 Å². The number of hydrogen-bond acceptors (Lipinski definition) is 2. The van der Waals surface area contributed by atoms with Crippen LogP contribution < -0.4 is 24.8 Å². The summed E-state index contributed by atoms with van der Waals surface area (Å²) in [7, 11) is 0. The molecule has 0 saturated heterocycles. The summed E-state index contributed by atoms with van der Waals surface area (Å²) in [6.45, 7) is 4.82. The Hall–Kier alpha value is 0.0362. The van der Waals surface area contributed by atoms with Gasteiger partial charge in [-0.15, -0.1) is 0 Å². The molecule has 0 spiro atoms. The molecule has 0 N–H and O–H groups in total. The Bertz CT molecular complexity index is 341. The standard InChI is InChI=1S/C11H13NO.2ClH.Mg/c1-11(2)8-13-10(12-11)9-6-4-3-5-7-9;;;/h3-7H,8H2,1-2H3;2*1H;/q;;;+2/p-2. The quantitative estimate of drug-likeness (QED) is 0.475. The predicted molar refractivity (Wildman–Crippen MR) is 58.8 cm³/mol. The number of nitrogens with zero attached hydrogens (tertiary/aromatic N) is 1. The van der Waals surface area contributed by atoms with E-state index in [0.717, 1.165) is 11.5 Å². The van der Waals surface area contributed by atoms with E-state index in [-0.39, 0.29) is 53.4 Å². The maximum atomic E-state index is 5.50. The molecule has 1 aromatic carbocycles. The Balaban J connectivity index is 0. The smallest absolute Gasteiger partial charge is 1.00 e. The summed E-state index contributed by atoms with van der Waals surface area (Å²) in [5.41, 5.74) is 0.999. The van der Waals surface area contributed by atoms with E-state index in [0.29, 0.717) is 6.61 Å². The summed E-state index contributed by atoms with van der Waals surface area (Å²) >= 11 is 0. The third-order valence-corrected chi connectivity index (χ3v) is 1.99. The van der Waals surface area contributed by atoms with Crippen LogP contribution in [-0.4, -0.2) is 41.1 Å². The molecule has 5 heteroatoms. The van der Waals surface area contributed by atoms with Gasteiger partial charge in [-0.3, -0.25) is 0 Å². The maximum absolute atomic E-state index is 5.50. The molecule has 1 heterocycles. The Labute approximate surface area is 125 Å². The van der Waals surface area contributed by atoms with Gasteiger partial charge >= 0.3 is 23.1 Å². The molecule has 1 aromatic rings. The van der Waals surface area contributed by atoms with Gasteiger partial charge in [-0.1, -0.05) is 18.2 Å². The monoisotopic (exact) mass is 269 g/mol. The summed E-state index contributed by atoms with van der Waals surface area (Å²) in [6, 6.07) is 10.0. The molecule has 1 aliphatic heterocycles. The fourth-order valence-corrected chi connectivity index (χ4v) is 1.31. The van der Waals surface area contributed by atoms with E-state index in [1.807, 2.05) is 30.3 Å². The van der Waals surface area contributed by atoms with Gasteiger partial charge in [0.2, 0.25) is 5.90 Å². The van der Waals surface area contributed by atoms with Crippen molar-refractivity contribution >= 4 is 29.0 Å². The van der Waals surface area contributed by atoms with Gasteiger partial charge in [0, 0.05) is 5.56 Å². The van der Waals surface area contributed by atoms with Gasteiger partial charge in [-0.25, -0.2) is 4.99 Å². The van der Waals surface area contributed by atoms with Crippen LogP contribution in [0.15, 0.2) is 35.3 Å². The van der Waals surface area contributed by atoms with Crippen LogP contribution in [0, 0.1) is 0 Å². The molecule has 0 bridgehead atoms. The SMILES string of the molecule is CC1(C)COC(c2ccccc2)=N1.[Cl-].[Cl-].[Mg+2]. The molecule has 1 aliphatic rings. The van der Waals surface area contributed by atoms with Gasteiger partial charge in [0.15, 0.2) is 0 Å². The largest absolute Gasteiger partial charge is 2.00 e. The van der Waals surface area contributed by atoms with Crippen molar-refractivity contribution < 1.29 is 29.6 Å². The topological polar surface area (TPSA) is 21.6 Å². The van der Waals surface area contributed by atoms with E-state index in [1.54, 1.807) is 0 Å². The molecule has 0 atom stereocenters. The van der Waals surface area contributed by atoms with Crippen LogP contribution in [0.2, 0.25) is 0 Å². The van der Waals surface area contributed by atoms with E-state index in [9.17, 15) is 0 Å². The van der Waals surface area contributed by atoms with Gasteiger partial charge in [0.1, 0.15) is 6.61 Å². The van der Waals surface area contributed by atoms with Crippen LogP contribution in [0.4, 0.5) is 0 Å². The van der Waals surface area contributed by atoms with Crippen molar-refractivity contribution in [2.75, 3.05) is 6.61 Å². The molecule has 0 saturated carbocycles. The average Bonchev–Trinajstić information content (AvgIpc) is 2.48. The van der Waals surface area contributed by atoms with Crippen LogP contribution in [0.25, 0.3) is 0 Å². The van der Waals surface area contributed by atoms with Crippen LogP contribution in [-0.2, 0) is 4.74 Å². The molecule has 2 nitrogen and oxygen atoms in total. The minimum atomic E-state index is -0.0643. The van der Waals surface area contributed by atoms with E-state index in [4.69, 9.17) is 4.74 Å². The minimum Gasteiger partial charge on any atom is -1.00 e. The van der Waals surface area contributed by atoms with Crippen molar-refractivity contribution in [2.24, 2.45) is 4.99 Å². The first-order valence-corrected chi connectivity index (χ1v) is 4.45. The molecule has 0 aliphatic carbocycles. The normalized spacial score (nSPS) is 15.8. The van der Waals surface area contributed by atoms with Gasteiger partial charge in [-0.05, 0) is 26.0 Å². The second kappa shape index (κ2) is 7.38. The second-order valence-corrected chi connectivity index (χ2v) is 3.88. The van der Waals surface area contributed by atoms with Gasteiger partial charge < -0.3 is 29.6 Å². The third kappa shape index (κ3) is 4.50. The number of ether oxygens (including phenoxy) is 1. The molecule has 0 amide bonds. The van der Waals surface area contributed by atoms with E-state index >= 15 is 0 Å². The number of benzene rings is 1. The molecule has 0 fully saturated rings. The average molecular weight is 270 g/mol. The van der Waals surface area contributed by atoms with Crippen molar-refractivity contribution in [1.29, 1.82) is 0 Å². The summed E-state index contributed by atoms with van der Waals surface area (Å²) < 4.78 is 5.50. The molecule has 0 unspecified atom stereocenters. The Morgan fingerprint density at radius 2 is 1.69 bits per heavy atom. The number of hydrogen-bond donors (Lipinski definition) is 0. The van der Waals surface area contributed by atoms with Gasteiger partial charge in [0.25, 0.3) is 0 Å². The zero-order chi connectivity index (χ0) is 9.31. The Kier molecular flexibility index (Phi) is 8.49. The zero-order valence-electron chi connectivity index (χ0n) is 9.41. The summed E-state index contributed by atoms with van der Waals surface area (Å²) in [6.07, 6.45) is 0. The van der Waals surface area contributed by atoms with Crippen molar-refractivity contribution in [3.63, 3.8) is 0 Å². The first-order valence-electron chi connectivity index (χ1n) is 4.45. The maximum Gasteiger partial charge on any atom is 2.00 e. The van der Waals surface area contributed by atoms with Gasteiger partial charge in [-0.2, -0.15) is 0 Å². The van der Waals surface area contributed by atoms with Crippen molar-refractivity contribution in [2.45, 2.75) is 19.4 Å². The Morgan fingerprint density at radius 1 is 1.12 bits per heavy atom. The summed E-state index contributed by atoms with van der Waals surface area (Å²) in [5, 5.41) is 0. The predicted octanol–water partition coefficient (Wildman–Crippen LogP) is -4.13. The molecular formula is C11H13Cl2MgNO. The Morgan fingerprint density at radius 3 is 2.12 bits per heavy atom. The van der Waals surface area contributed by atoms with Crippen LogP contribution in [0.1, 0.15) is 19.4 Å². The minimum absolute atomic E-state index is 0. The fourth-order valence-electron chi connectivity index (χ4n) is 1.31. The third-order valence-electron chi connectivity index (χ3n) is 1.99. The molecule has 2 rings (SSSR count). The zero-order valence-corrected chi connectivity index (χ0v) is 12.3. The number of aliphatic imine (C=N–C) groups is 1. The molecule has 16 heavy (non-hydrogen) atoms. The van der Waals surface area contributed by atoms with Crippen molar-refractivity contribution in [3.8, 4) is 0 Å². The number of rotatable bonds is 1. The summed E-state index contributed by atoms with van der Waals surface area (Å²) in [5.74, 6) is 0.769. The van der Waals surface area contributed by atoms with E-state index in [1.165, 1.54) is 0 Å².